The number of halogens is 4. The number of hydrogen-bond donors (Lipinski definition) is 3. The zero-order valence-corrected chi connectivity index (χ0v) is 19.5. The van der Waals surface area contributed by atoms with Crippen molar-refractivity contribution in [2.45, 2.75) is 25.9 Å². The molecule has 1 heterocycles. The monoisotopic (exact) mass is 547 g/mol. The molecule has 1 amide bonds. The third-order valence-electron chi connectivity index (χ3n) is 5.42. The van der Waals surface area contributed by atoms with Crippen LogP contribution in [0.15, 0.2) is 30.3 Å². The molecule has 1 aliphatic heterocycles. The largest absolute Gasteiger partial charge is 0.385 e. The van der Waals surface area contributed by atoms with Crippen LogP contribution in [0.5, 0.6) is 0 Å². The van der Waals surface area contributed by atoms with Crippen molar-refractivity contribution in [2.75, 3.05) is 31.5 Å². The Morgan fingerprint density at radius 3 is 2.58 bits per heavy atom. The first-order chi connectivity index (χ1) is 14.6. The van der Waals surface area contributed by atoms with Crippen molar-refractivity contribution < 1.29 is 23.1 Å². The van der Waals surface area contributed by atoms with Crippen LogP contribution in [0.3, 0.4) is 0 Å². The van der Waals surface area contributed by atoms with Crippen LogP contribution >= 0.6 is 22.6 Å². The van der Waals surface area contributed by atoms with E-state index in [2.05, 4.69) is 24.5 Å². The van der Waals surface area contributed by atoms with Gasteiger partial charge in [0.05, 0.1) is 30.0 Å². The lowest BCUT2D eigenvalue weighted by Crippen LogP contribution is -2.67. The van der Waals surface area contributed by atoms with E-state index in [0.717, 1.165) is 25.1 Å². The molecule has 168 valence electrons. The van der Waals surface area contributed by atoms with Crippen LogP contribution in [-0.4, -0.2) is 47.7 Å². The average molecular weight is 547 g/mol. The lowest BCUT2D eigenvalue weighted by Gasteiger charge is -2.46. The van der Waals surface area contributed by atoms with Crippen molar-refractivity contribution >= 4 is 39.9 Å². The van der Waals surface area contributed by atoms with Crippen LogP contribution in [-0.2, 0) is 0 Å². The van der Waals surface area contributed by atoms with Gasteiger partial charge in [0.2, 0.25) is 0 Å². The second-order valence-corrected chi connectivity index (χ2v) is 9.31. The maximum Gasteiger partial charge on any atom is 0.256 e. The van der Waals surface area contributed by atoms with Crippen LogP contribution in [0.4, 0.5) is 24.5 Å². The molecule has 3 N–H and O–H groups in total. The molecule has 0 aliphatic carbocycles. The number of benzene rings is 2. The zero-order valence-electron chi connectivity index (χ0n) is 17.3. The van der Waals surface area contributed by atoms with Crippen molar-refractivity contribution in [3.05, 3.63) is 56.9 Å². The first kappa shape index (κ1) is 23.8. The van der Waals surface area contributed by atoms with Crippen LogP contribution in [0.2, 0.25) is 0 Å². The third kappa shape index (κ3) is 5.50. The highest BCUT2D eigenvalue weighted by molar-refractivity contribution is 14.1. The Morgan fingerprint density at radius 1 is 1.23 bits per heavy atom. The molecule has 0 bridgehead atoms. The van der Waals surface area contributed by atoms with Gasteiger partial charge in [0, 0.05) is 10.1 Å². The number of amides is 1. The van der Waals surface area contributed by atoms with Crippen molar-refractivity contribution in [3.8, 4) is 0 Å². The Bertz CT molecular complexity index is 967. The van der Waals surface area contributed by atoms with Crippen molar-refractivity contribution in [1.29, 1.82) is 0 Å². The summed E-state index contributed by atoms with van der Waals surface area (Å²) < 4.78 is 43.3. The van der Waals surface area contributed by atoms with Gasteiger partial charge < -0.3 is 20.6 Å². The number of carbonyl (C=O) groups excluding carboxylic acids is 1. The molecule has 2 aromatic rings. The first-order valence-electron chi connectivity index (χ1n) is 10.1. The number of nitrogens with one attached hydrogen (secondary N) is 2. The van der Waals surface area contributed by atoms with E-state index in [1.54, 1.807) is 6.07 Å². The average Bonchev–Trinajstić information content (AvgIpc) is 2.70. The molecule has 3 rings (SSSR count). The minimum atomic E-state index is -1.27. The fourth-order valence-corrected chi connectivity index (χ4v) is 3.82. The number of aliphatic hydroxyl groups is 1. The van der Waals surface area contributed by atoms with Crippen molar-refractivity contribution in [2.24, 2.45) is 5.92 Å². The summed E-state index contributed by atoms with van der Waals surface area (Å²) in [4.78, 5) is 14.3. The predicted octanol–water partition coefficient (Wildman–Crippen LogP) is 4.27. The van der Waals surface area contributed by atoms with Gasteiger partial charge in [0.25, 0.3) is 5.91 Å². The number of carbonyl (C=O) groups is 1. The number of likely N-dealkylation sites (tertiary alicyclic amines) is 1. The summed E-state index contributed by atoms with van der Waals surface area (Å²) in [5.41, 5.74) is -1.72. The van der Waals surface area contributed by atoms with E-state index in [1.165, 1.54) is 17.0 Å². The van der Waals surface area contributed by atoms with Gasteiger partial charge in [-0.05, 0) is 65.4 Å². The summed E-state index contributed by atoms with van der Waals surface area (Å²) in [6.45, 7) is 5.40. The maximum absolute atomic E-state index is 14.5. The summed E-state index contributed by atoms with van der Waals surface area (Å²) in [6.07, 6.45) is 1.02. The van der Waals surface area contributed by atoms with E-state index in [0.29, 0.717) is 16.0 Å². The quantitative estimate of drug-likeness (QED) is 0.432. The fraction of sp³-hybridized carbons (Fsp3) is 0.409. The lowest BCUT2D eigenvalue weighted by molar-refractivity contribution is -0.0787. The molecule has 0 spiro atoms. The third-order valence-corrected chi connectivity index (χ3v) is 6.09. The topological polar surface area (TPSA) is 64.6 Å². The van der Waals surface area contributed by atoms with Gasteiger partial charge in [-0.15, -0.1) is 0 Å². The van der Waals surface area contributed by atoms with E-state index in [4.69, 9.17) is 0 Å². The Hall–Kier alpha value is -1.85. The second-order valence-electron chi connectivity index (χ2n) is 8.06. The molecule has 1 aliphatic rings. The maximum atomic E-state index is 14.5. The predicted molar refractivity (Wildman–Crippen MR) is 122 cm³/mol. The van der Waals surface area contributed by atoms with E-state index in [1.807, 2.05) is 22.6 Å². The van der Waals surface area contributed by atoms with E-state index in [9.17, 15) is 23.1 Å². The highest BCUT2D eigenvalue weighted by atomic mass is 127. The molecular formula is C22H25F3IN3O2. The van der Waals surface area contributed by atoms with Crippen LogP contribution < -0.4 is 10.6 Å². The Balaban J connectivity index is 1.74. The normalized spacial score (nSPS) is 16.0. The molecule has 0 saturated carbocycles. The molecule has 1 saturated heterocycles. The smallest absolute Gasteiger partial charge is 0.256 e. The van der Waals surface area contributed by atoms with Gasteiger partial charge in [-0.1, -0.05) is 20.3 Å². The highest BCUT2D eigenvalue weighted by Gasteiger charge is 2.44. The summed E-state index contributed by atoms with van der Waals surface area (Å²) in [6, 6.07) is 6.25. The lowest BCUT2D eigenvalue weighted by atomic mass is 9.92. The second kappa shape index (κ2) is 9.74. The molecule has 9 heteroatoms. The molecule has 1 fully saturated rings. The van der Waals surface area contributed by atoms with Crippen LogP contribution in [0.25, 0.3) is 0 Å². The van der Waals surface area contributed by atoms with Gasteiger partial charge in [-0.3, -0.25) is 4.79 Å². The molecule has 0 radical (unpaired) electrons. The minimum Gasteiger partial charge on any atom is -0.385 e. The molecule has 1 atom stereocenters. The minimum absolute atomic E-state index is 0.0651. The molecule has 2 aromatic carbocycles. The fourth-order valence-electron chi connectivity index (χ4n) is 3.36. The molecule has 1 unspecified atom stereocenters. The number of anilines is 2. The Labute approximate surface area is 193 Å². The molecule has 31 heavy (non-hydrogen) atoms. The van der Waals surface area contributed by atoms with Crippen LogP contribution in [0, 0.1) is 26.9 Å². The first-order valence-corrected chi connectivity index (χ1v) is 11.1. The summed E-state index contributed by atoms with van der Waals surface area (Å²) >= 11 is 1.93. The van der Waals surface area contributed by atoms with Crippen LogP contribution in [0.1, 0.15) is 30.6 Å². The Kier molecular flexibility index (Phi) is 7.48. The SMILES string of the molecule is CCC(C)CNCC1(O)CN(C(=O)c2ccc(F)c(F)c2Nc2ccc(I)cc2F)C1. The Morgan fingerprint density at radius 2 is 1.94 bits per heavy atom. The number of nitrogens with zero attached hydrogens (tertiary/aromatic N) is 1. The molecule has 0 aromatic heterocycles. The number of hydrogen-bond acceptors (Lipinski definition) is 4. The van der Waals surface area contributed by atoms with Gasteiger partial charge >= 0.3 is 0 Å². The molecular weight excluding hydrogens is 522 g/mol. The molecule has 5 nitrogen and oxygen atoms in total. The van der Waals surface area contributed by atoms with Gasteiger partial charge in [-0.2, -0.15) is 0 Å². The van der Waals surface area contributed by atoms with Crippen molar-refractivity contribution in [3.63, 3.8) is 0 Å². The van der Waals surface area contributed by atoms with Gasteiger partial charge in [0.15, 0.2) is 11.6 Å². The zero-order chi connectivity index (χ0) is 22.8. The van der Waals surface area contributed by atoms with Gasteiger partial charge in [-0.25, -0.2) is 13.2 Å². The standard InChI is InChI=1S/C22H25F3IN3O2/c1-3-13(2)9-27-10-22(31)11-29(12-22)21(30)15-5-6-16(23)19(25)20(15)28-18-7-4-14(26)8-17(18)24/h4-8,13,27-28,31H,3,9-12H2,1-2H3. The number of β-amino-alcohol motifs (C(OH)–C–C–N with tert-alkyl or cyclic N) is 1. The van der Waals surface area contributed by atoms with E-state index in [-0.39, 0.29) is 24.3 Å². The van der Waals surface area contributed by atoms with E-state index < -0.39 is 34.6 Å². The highest BCUT2D eigenvalue weighted by Crippen LogP contribution is 2.31. The summed E-state index contributed by atoms with van der Waals surface area (Å²) in [5, 5.41) is 16.3. The summed E-state index contributed by atoms with van der Waals surface area (Å²) in [5.74, 6) is -3.17. The van der Waals surface area contributed by atoms with Crippen molar-refractivity contribution in [1.82, 2.24) is 10.2 Å². The summed E-state index contributed by atoms with van der Waals surface area (Å²) in [7, 11) is 0. The van der Waals surface area contributed by atoms with E-state index >= 15 is 0 Å². The number of rotatable bonds is 8. The van der Waals surface area contributed by atoms with Gasteiger partial charge in [0.1, 0.15) is 11.4 Å².